The number of hydrogen-bond donors (Lipinski definition) is 2. The molecule has 0 amide bonds. The van der Waals surface area contributed by atoms with E-state index in [9.17, 15) is 4.79 Å². The summed E-state index contributed by atoms with van der Waals surface area (Å²) in [5, 5.41) is 3.07. The molecule has 2 aromatic rings. The molecule has 0 saturated carbocycles. The van der Waals surface area contributed by atoms with Gasteiger partial charge in [-0.05, 0) is 12.6 Å². The van der Waals surface area contributed by atoms with E-state index in [0.29, 0.717) is 6.54 Å². The molecule has 0 unspecified atom stereocenters. The molecule has 1 aromatic heterocycles. The van der Waals surface area contributed by atoms with Gasteiger partial charge in [-0.15, -0.1) is 0 Å². The molecule has 20 heavy (non-hydrogen) atoms. The summed E-state index contributed by atoms with van der Waals surface area (Å²) in [4.78, 5) is 20.8. The van der Waals surface area contributed by atoms with Crippen molar-refractivity contribution < 1.29 is 0 Å². The van der Waals surface area contributed by atoms with Crippen LogP contribution in [0.25, 0.3) is 0 Å². The van der Waals surface area contributed by atoms with Crippen molar-refractivity contribution >= 4 is 0 Å². The zero-order valence-corrected chi connectivity index (χ0v) is 11.5. The second kappa shape index (κ2) is 5.56. The number of benzene rings is 1. The first-order valence-electron chi connectivity index (χ1n) is 6.78. The number of H-pyrrole nitrogens is 1. The van der Waals surface area contributed by atoms with Gasteiger partial charge in [0, 0.05) is 37.4 Å². The lowest BCUT2D eigenvalue weighted by atomic mass is 10.2. The minimum absolute atomic E-state index is 0.254. The van der Waals surface area contributed by atoms with E-state index in [1.807, 2.05) is 13.1 Å². The first-order chi connectivity index (χ1) is 9.76. The Hall–Kier alpha value is -1.98. The van der Waals surface area contributed by atoms with Gasteiger partial charge >= 0.3 is 5.69 Å². The maximum Gasteiger partial charge on any atom is 0.345 e. The normalized spacial score (nSPS) is 14.4. The Labute approximate surface area is 117 Å². The number of aromatic nitrogens is 2. The topological polar surface area (TPSA) is 61.0 Å². The van der Waals surface area contributed by atoms with Crippen molar-refractivity contribution in [1.82, 2.24) is 20.2 Å². The van der Waals surface area contributed by atoms with Crippen LogP contribution in [0.3, 0.4) is 0 Å². The van der Waals surface area contributed by atoms with E-state index < -0.39 is 0 Å². The summed E-state index contributed by atoms with van der Waals surface area (Å²) in [5.74, 6) is 0. The van der Waals surface area contributed by atoms with Gasteiger partial charge in [-0.2, -0.15) is 4.98 Å². The monoisotopic (exact) mass is 270 g/mol. The van der Waals surface area contributed by atoms with E-state index in [1.165, 1.54) is 5.56 Å². The smallest absolute Gasteiger partial charge is 0.314 e. The third kappa shape index (κ3) is 2.64. The highest BCUT2D eigenvalue weighted by atomic mass is 16.1. The van der Waals surface area contributed by atoms with Crippen molar-refractivity contribution in [3.63, 3.8) is 0 Å². The molecule has 0 spiro atoms. The second-order valence-electron chi connectivity index (χ2n) is 5.11. The highest BCUT2D eigenvalue weighted by Gasteiger charge is 2.23. The van der Waals surface area contributed by atoms with E-state index in [4.69, 9.17) is 0 Å². The largest absolute Gasteiger partial charge is 0.345 e. The predicted molar refractivity (Wildman–Crippen MR) is 77.0 cm³/mol. The lowest BCUT2D eigenvalue weighted by Crippen LogP contribution is -2.20. The molecular formula is C15H18N4O. The van der Waals surface area contributed by atoms with Crippen molar-refractivity contribution in [3.8, 4) is 0 Å². The fourth-order valence-corrected chi connectivity index (χ4v) is 2.69. The lowest BCUT2D eigenvalue weighted by molar-refractivity contribution is 0.273. The maximum absolute atomic E-state index is 11.6. The summed E-state index contributed by atoms with van der Waals surface area (Å²) in [6, 6.07) is 10.4. The van der Waals surface area contributed by atoms with Gasteiger partial charge < -0.3 is 10.3 Å². The Kier molecular flexibility index (Phi) is 3.62. The summed E-state index contributed by atoms with van der Waals surface area (Å²) >= 11 is 0. The molecule has 2 N–H and O–H groups in total. The highest BCUT2D eigenvalue weighted by molar-refractivity contribution is 5.28. The molecule has 1 aromatic carbocycles. The Morgan fingerprint density at radius 1 is 1.30 bits per heavy atom. The SMILES string of the molecule is CNCc1nc(=O)[nH]c2c1CN(Cc1ccccc1)C2. The summed E-state index contributed by atoms with van der Waals surface area (Å²) in [6.45, 7) is 3.13. The van der Waals surface area contributed by atoms with Crippen LogP contribution in [-0.4, -0.2) is 21.9 Å². The first kappa shape index (κ1) is 13.0. The molecule has 0 atom stereocenters. The molecule has 104 valence electrons. The molecule has 5 heteroatoms. The Morgan fingerprint density at radius 3 is 2.85 bits per heavy atom. The number of nitrogens with zero attached hydrogens (tertiary/aromatic N) is 2. The van der Waals surface area contributed by atoms with Gasteiger partial charge in [0.25, 0.3) is 0 Å². The van der Waals surface area contributed by atoms with Gasteiger partial charge in [0.2, 0.25) is 0 Å². The zero-order chi connectivity index (χ0) is 13.9. The Morgan fingerprint density at radius 2 is 2.10 bits per heavy atom. The van der Waals surface area contributed by atoms with Crippen LogP contribution in [-0.2, 0) is 26.2 Å². The van der Waals surface area contributed by atoms with Gasteiger partial charge in [-0.25, -0.2) is 4.79 Å². The molecule has 1 aliphatic heterocycles. The van der Waals surface area contributed by atoms with Gasteiger partial charge in [0.05, 0.1) is 5.69 Å². The molecule has 0 saturated heterocycles. The minimum Gasteiger partial charge on any atom is -0.314 e. The Balaban J connectivity index is 1.81. The molecule has 0 radical (unpaired) electrons. The van der Waals surface area contributed by atoms with Gasteiger partial charge in [-0.1, -0.05) is 30.3 Å². The van der Waals surface area contributed by atoms with E-state index in [2.05, 4.69) is 44.5 Å². The number of hydrogen-bond acceptors (Lipinski definition) is 4. The molecule has 3 rings (SSSR count). The van der Waals surface area contributed by atoms with E-state index in [0.717, 1.165) is 36.6 Å². The molecule has 1 aliphatic rings. The number of fused-ring (bicyclic) bond motifs is 1. The molecule has 0 aliphatic carbocycles. The van der Waals surface area contributed by atoms with E-state index in [1.54, 1.807) is 0 Å². The summed E-state index contributed by atoms with van der Waals surface area (Å²) in [7, 11) is 1.87. The van der Waals surface area contributed by atoms with Gasteiger partial charge in [0.15, 0.2) is 0 Å². The van der Waals surface area contributed by atoms with Crippen molar-refractivity contribution in [2.24, 2.45) is 0 Å². The summed E-state index contributed by atoms with van der Waals surface area (Å²) < 4.78 is 0. The Bertz CT molecular complexity index is 651. The molecule has 2 heterocycles. The highest BCUT2D eigenvalue weighted by Crippen LogP contribution is 2.23. The zero-order valence-electron chi connectivity index (χ0n) is 11.5. The quantitative estimate of drug-likeness (QED) is 0.870. The summed E-state index contributed by atoms with van der Waals surface area (Å²) in [6.07, 6.45) is 0. The van der Waals surface area contributed by atoms with Crippen molar-refractivity contribution in [1.29, 1.82) is 0 Å². The van der Waals surface area contributed by atoms with Crippen LogP contribution < -0.4 is 11.0 Å². The average Bonchev–Trinajstić information content (AvgIpc) is 2.82. The van der Waals surface area contributed by atoms with Crippen molar-refractivity contribution in [3.05, 3.63) is 63.3 Å². The van der Waals surface area contributed by atoms with E-state index >= 15 is 0 Å². The molecule has 0 fully saturated rings. The molecule has 0 bridgehead atoms. The van der Waals surface area contributed by atoms with Crippen LogP contribution in [0, 0.1) is 0 Å². The number of aromatic amines is 1. The van der Waals surface area contributed by atoms with Crippen LogP contribution in [0.4, 0.5) is 0 Å². The third-order valence-electron chi connectivity index (χ3n) is 3.56. The third-order valence-corrected chi connectivity index (χ3v) is 3.56. The first-order valence-corrected chi connectivity index (χ1v) is 6.78. The number of nitrogens with one attached hydrogen (secondary N) is 2. The van der Waals surface area contributed by atoms with Crippen LogP contribution in [0.15, 0.2) is 35.1 Å². The maximum atomic E-state index is 11.6. The fourth-order valence-electron chi connectivity index (χ4n) is 2.69. The van der Waals surface area contributed by atoms with Gasteiger partial charge in [-0.3, -0.25) is 4.90 Å². The standard InChI is InChI=1S/C15H18N4O/c1-16-7-13-12-9-19(8-11-5-3-2-4-6-11)10-14(12)18-15(20)17-13/h2-6,16H,7-10H2,1H3,(H,17,18,20). The average molecular weight is 270 g/mol. The van der Waals surface area contributed by atoms with E-state index in [-0.39, 0.29) is 5.69 Å². The summed E-state index contributed by atoms with van der Waals surface area (Å²) in [5.41, 5.74) is 4.06. The minimum atomic E-state index is -0.254. The lowest BCUT2D eigenvalue weighted by Gasteiger charge is -2.14. The second-order valence-corrected chi connectivity index (χ2v) is 5.11. The molecule has 5 nitrogen and oxygen atoms in total. The van der Waals surface area contributed by atoms with Crippen LogP contribution >= 0.6 is 0 Å². The fraction of sp³-hybridized carbons (Fsp3) is 0.333. The van der Waals surface area contributed by atoms with Gasteiger partial charge in [0.1, 0.15) is 0 Å². The molecular weight excluding hydrogens is 252 g/mol. The van der Waals surface area contributed by atoms with Crippen LogP contribution in [0.2, 0.25) is 0 Å². The van der Waals surface area contributed by atoms with Crippen LogP contribution in [0.1, 0.15) is 22.5 Å². The predicted octanol–water partition coefficient (Wildman–Crippen LogP) is 1.01. The van der Waals surface area contributed by atoms with Crippen LogP contribution in [0.5, 0.6) is 0 Å². The van der Waals surface area contributed by atoms with Crippen molar-refractivity contribution in [2.45, 2.75) is 26.2 Å². The number of rotatable bonds is 4. The van der Waals surface area contributed by atoms with Crippen molar-refractivity contribution in [2.75, 3.05) is 7.05 Å².